The molecule has 5 heteroatoms. The molecule has 0 aliphatic carbocycles. The van der Waals surface area contributed by atoms with Gasteiger partial charge in [-0.25, -0.2) is 4.79 Å². The molecule has 134 valence electrons. The fourth-order valence-corrected chi connectivity index (χ4v) is 2.16. The Balaban J connectivity index is 1.93. The van der Waals surface area contributed by atoms with Crippen molar-refractivity contribution in [1.29, 1.82) is 5.26 Å². The fourth-order valence-electron chi connectivity index (χ4n) is 2.16. The fraction of sp³-hybridized carbons (Fsp3) is 0.238. The van der Waals surface area contributed by atoms with E-state index in [-0.39, 0.29) is 6.61 Å². The summed E-state index contributed by atoms with van der Waals surface area (Å²) < 4.78 is 16.1. The molecule has 2 rings (SSSR count). The maximum absolute atomic E-state index is 11.9. The van der Waals surface area contributed by atoms with Crippen molar-refractivity contribution >= 4 is 12.0 Å². The second-order valence-electron chi connectivity index (χ2n) is 5.51. The Morgan fingerprint density at radius 1 is 1.15 bits per heavy atom. The number of nitriles is 1. The van der Waals surface area contributed by atoms with Crippen LogP contribution in [-0.2, 0) is 16.1 Å². The maximum atomic E-state index is 11.9. The molecule has 0 spiro atoms. The predicted octanol–water partition coefficient (Wildman–Crippen LogP) is 4.11. The monoisotopic (exact) mass is 351 g/mol. The molecular formula is C21H21NO4. The lowest BCUT2D eigenvalue weighted by molar-refractivity contribution is -0.138. The van der Waals surface area contributed by atoms with Gasteiger partial charge in [0, 0.05) is 6.08 Å². The van der Waals surface area contributed by atoms with Crippen LogP contribution in [0.25, 0.3) is 6.08 Å². The van der Waals surface area contributed by atoms with Crippen molar-refractivity contribution in [3.8, 4) is 17.6 Å². The molecule has 26 heavy (non-hydrogen) atoms. The van der Waals surface area contributed by atoms with Gasteiger partial charge in [0.1, 0.15) is 6.61 Å². The Hall–Kier alpha value is -3.26. The summed E-state index contributed by atoms with van der Waals surface area (Å²) in [5.74, 6) is 0.848. The second-order valence-corrected chi connectivity index (χ2v) is 5.51. The van der Waals surface area contributed by atoms with Crippen LogP contribution >= 0.6 is 0 Å². The number of rotatable bonds is 8. The van der Waals surface area contributed by atoms with E-state index in [0.29, 0.717) is 23.7 Å². The van der Waals surface area contributed by atoms with Crippen molar-refractivity contribution in [2.24, 2.45) is 0 Å². The first kappa shape index (κ1) is 19.1. The van der Waals surface area contributed by atoms with E-state index in [1.165, 1.54) is 6.08 Å². The molecule has 0 amide bonds. The van der Waals surface area contributed by atoms with Crippen LogP contribution in [0.5, 0.6) is 11.5 Å². The number of nitrogens with zero attached hydrogens (tertiary/aromatic N) is 1. The zero-order valence-corrected chi connectivity index (χ0v) is 14.9. The maximum Gasteiger partial charge on any atom is 0.331 e. The first-order chi connectivity index (χ1) is 12.7. The molecule has 0 saturated heterocycles. The quantitative estimate of drug-likeness (QED) is 0.529. The van der Waals surface area contributed by atoms with Gasteiger partial charge in [0.05, 0.1) is 25.3 Å². The summed E-state index contributed by atoms with van der Waals surface area (Å²) in [6, 6.07) is 14.4. The molecule has 5 nitrogen and oxygen atoms in total. The highest BCUT2D eigenvalue weighted by Gasteiger charge is 2.05. The molecule has 0 unspecified atom stereocenters. The highest BCUT2D eigenvalue weighted by atomic mass is 16.5. The smallest absolute Gasteiger partial charge is 0.331 e. The predicted molar refractivity (Wildman–Crippen MR) is 98.8 cm³/mol. The minimum absolute atomic E-state index is 0.155. The van der Waals surface area contributed by atoms with E-state index in [1.54, 1.807) is 43.5 Å². The Labute approximate surface area is 153 Å². The summed E-state index contributed by atoms with van der Waals surface area (Å²) in [5, 5.41) is 8.76. The number of benzene rings is 2. The third-order valence-electron chi connectivity index (χ3n) is 3.53. The van der Waals surface area contributed by atoms with Crippen LogP contribution in [0.1, 0.15) is 30.0 Å². The summed E-state index contributed by atoms with van der Waals surface area (Å²) in [6.45, 7) is 2.81. The third-order valence-corrected chi connectivity index (χ3v) is 3.53. The van der Waals surface area contributed by atoms with E-state index in [1.807, 2.05) is 25.1 Å². The summed E-state index contributed by atoms with van der Waals surface area (Å²) in [6.07, 6.45) is 3.94. The van der Waals surface area contributed by atoms with E-state index in [0.717, 1.165) is 17.5 Å². The minimum Gasteiger partial charge on any atom is -0.493 e. The van der Waals surface area contributed by atoms with E-state index in [4.69, 9.17) is 19.5 Å². The van der Waals surface area contributed by atoms with Crippen molar-refractivity contribution in [2.45, 2.75) is 20.0 Å². The SMILES string of the molecule is CCCOc1ccc(/C=C/C(=O)OCc2ccc(C#N)cc2)cc1OC. The lowest BCUT2D eigenvalue weighted by Gasteiger charge is -2.10. The highest BCUT2D eigenvalue weighted by molar-refractivity contribution is 5.87. The number of esters is 1. The van der Waals surface area contributed by atoms with Gasteiger partial charge in [0.2, 0.25) is 0 Å². The molecule has 2 aromatic carbocycles. The van der Waals surface area contributed by atoms with E-state index in [2.05, 4.69) is 0 Å². The zero-order valence-electron chi connectivity index (χ0n) is 14.9. The first-order valence-corrected chi connectivity index (χ1v) is 8.31. The van der Waals surface area contributed by atoms with Crippen LogP contribution in [0, 0.1) is 11.3 Å². The zero-order chi connectivity index (χ0) is 18.8. The van der Waals surface area contributed by atoms with Crippen LogP contribution in [0.2, 0.25) is 0 Å². The molecule has 0 radical (unpaired) electrons. The third kappa shape index (κ3) is 5.67. The van der Waals surface area contributed by atoms with Crippen LogP contribution in [0.4, 0.5) is 0 Å². The number of carbonyl (C=O) groups excluding carboxylic acids is 1. The summed E-state index contributed by atoms with van der Waals surface area (Å²) >= 11 is 0. The normalized spacial score (nSPS) is 10.3. The minimum atomic E-state index is -0.445. The number of ether oxygens (including phenoxy) is 3. The molecule has 0 heterocycles. The Morgan fingerprint density at radius 3 is 2.58 bits per heavy atom. The Bertz CT molecular complexity index is 804. The molecular weight excluding hydrogens is 330 g/mol. The van der Waals surface area contributed by atoms with E-state index < -0.39 is 5.97 Å². The van der Waals surface area contributed by atoms with Gasteiger partial charge < -0.3 is 14.2 Å². The van der Waals surface area contributed by atoms with Gasteiger partial charge in [-0.1, -0.05) is 25.1 Å². The van der Waals surface area contributed by atoms with Crippen LogP contribution in [-0.4, -0.2) is 19.7 Å². The lowest BCUT2D eigenvalue weighted by atomic mass is 10.1. The Kier molecular flexibility index (Phi) is 7.26. The Morgan fingerprint density at radius 2 is 1.92 bits per heavy atom. The number of hydrogen-bond donors (Lipinski definition) is 0. The summed E-state index contributed by atoms with van der Waals surface area (Å²) in [4.78, 5) is 11.9. The average Bonchev–Trinajstić information content (AvgIpc) is 2.69. The van der Waals surface area contributed by atoms with Gasteiger partial charge in [-0.05, 0) is 47.9 Å². The standard InChI is InChI=1S/C21H21NO4/c1-3-12-25-19-10-8-16(13-20(19)24-2)9-11-21(23)26-15-18-6-4-17(14-22)5-7-18/h4-11,13H,3,12,15H2,1-2H3/b11-9+. The van der Waals surface area contributed by atoms with Gasteiger partial charge in [0.15, 0.2) is 11.5 Å². The molecule has 0 atom stereocenters. The largest absolute Gasteiger partial charge is 0.493 e. The average molecular weight is 351 g/mol. The van der Waals surface area contributed by atoms with Gasteiger partial charge >= 0.3 is 5.97 Å². The first-order valence-electron chi connectivity index (χ1n) is 8.31. The number of methoxy groups -OCH3 is 1. The molecule has 0 bridgehead atoms. The molecule has 0 saturated carbocycles. The second kappa shape index (κ2) is 9.90. The highest BCUT2D eigenvalue weighted by Crippen LogP contribution is 2.28. The molecule has 0 aromatic heterocycles. The summed E-state index contributed by atoms with van der Waals surface area (Å²) in [5.41, 5.74) is 2.20. The van der Waals surface area contributed by atoms with Crippen molar-refractivity contribution < 1.29 is 19.0 Å². The van der Waals surface area contributed by atoms with Gasteiger partial charge in [0.25, 0.3) is 0 Å². The molecule has 0 aliphatic heterocycles. The van der Waals surface area contributed by atoms with Crippen molar-refractivity contribution in [3.05, 3.63) is 65.2 Å². The van der Waals surface area contributed by atoms with E-state index in [9.17, 15) is 4.79 Å². The van der Waals surface area contributed by atoms with Crippen molar-refractivity contribution in [1.82, 2.24) is 0 Å². The van der Waals surface area contributed by atoms with Crippen LogP contribution < -0.4 is 9.47 Å². The number of hydrogen-bond acceptors (Lipinski definition) is 5. The topological polar surface area (TPSA) is 68.5 Å². The number of carbonyl (C=O) groups is 1. The molecule has 0 fully saturated rings. The summed E-state index contributed by atoms with van der Waals surface area (Å²) in [7, 11) is 1.58. The van der Waals surface area contributed by atoms with Gasteiger partial charge in [-0.15, -0.1) is 0 Å². The van der Waals surface area contributed by atoms with Crippen molar-refractivity contribution in [3.63, 3.8) is 0 Å². The van der Waals surface area contributed by atoms with Crippen molar-refractivity contribution in [2.75, 3.05) is 13.7 Å². The molecule has 0 aliphatic rings. The van der Waals surface area contributed by atoms with Gasteiger partial charge in [-0.3, -0.25) is 0 Å². The van der Waals surface area contributed by atoms with E-state index >= 15 is 0 Å². The van der Waals surface area contributed by atoms with Crippen LogP contribution in [0.3, 0.4) is 0 Å². The van der Waals surface area contributed by atoms with Gasteiger partial charge in [-0.2, -0.15) is 5.26 Å². The molecule has 2 aromatic rings. The van der Waals surface area contributed by atoms with Crippen LogP contribution in [0.15, 0.2) is 48.5 Å². The lowest BCUT2D eigenvalue weighted by Crippen LogP contribution is -2.01. The molecule has 0 N–H and O–H groups in total.